The second kappa shape index (κ2) is 8.28. The molecule has 1 fully saturated rings. The van der Waals surface area contributed by atoms with Crippen LogP contribution in [0.1, 0.15) is 6.42 Å². The molecule has 3 heterocycles. The smallest absolute Gasteiger partial charge is 0.325 e. The number of rotatable bonds is 3. The second-order valence-corrected chi connectivity index (χ2v) is 7.81. The Morgan fingerprint density at radius 1 is 1.17 bits per heavy atom. The SMILES string of the molecule is COC(=O)CNC(=O)N1CCCN(c2nc3cc(Br)ccc3n3cccc23)CC1. The monoisotopic (exact) mass is 459 g/mol. The third-order valence-corrected chi connectivity index (χ3v) is 5.59. The Kier molecular flexibility index (Phi) is 5.57. The van der Waals surface area contributed by atoms with Gasteiger partial charge in [-0.15, -0.1) is 0 Å². The number of nitrogens with zero attached hydrogens (tertiary/aromatic N) is 4. The molecule has 0 unspecified atom stereocenters. The first-order chi connectivity index (χ1) is 14.1. The fourth-order valence-corrected chi connectivity index (χ4v) is 3.98. The molecule has 3 aromatic rings. The third kappa shape index (κ3) is 4.00. The van der Waals surface area contributed by atoms with Crippen molar-refractivity contribution in [3.63, 3.8) is 0 Å². The van der Waals surface area contributed by atoms with E-state index in [1.165, 1.54) is 7.11 Å². The van der Waals surface area contributed by atoms with Crippen molar-refractivity contribution in [2.75, 3.05) is 44.7 Å². The lowest BCUT2D eigenvalue weighted by atomic mass is 10.3. The van der Waals surface area contributed by atoms with Gasteiger partial charge in [0.25, 0.3) is 0 Å². The van der Waals surface area contributed by atoms with E-state index >= 15 is 0 Å². The van der Waals surface area contributed by atoms with E-state index in [9.17, 15) is 9.59 Å². The molecule has 0 radical (unpaired) electrons. The summed E-state index contributed by atoms with van der Waals surface area (Å²) in [6.07, 6.45) is 2.86. The van der Waals surface area contributed by atoms with Gasteiger partial charge < -0.3 is 24.3 Å². The van der Waals surface area contributed by atoms with E-state index in [2.05, 4.69) is 47.4 Å². The zero-order valence-corrected chi connectivity index (χ0v) is 17.7. The molecule has 9 heteroatoms. The lowest BCUT2D eigenvalue weighted by molar-refractivity contribution is -0.139. The summed E-state index contributed by atoms with van der Waals surface area (Å²) in [6.45, 7) is 2.52. The van der Waals surface area contributed by atoms with E-state index in [1.807, 2.05) is 24.4 Å². The van der Waals surface area contributed by atoms with Crippen molar-refractivity contribution in [2.45, 2.75) is 6.42 Å². The average molecular weight is 460 g/mol. The van der Waals surface area contributed by atoms with E-state index in [0.29, 0.717) is 19.6 Å². The van der Waals surface area contributed by atoms with Crippen LogP contribution in [0.2, 0.25) is 0 Å². The number of esters is 1. The average Bonchev–Trinajstić information content (AvgIpc) is 3.08. The molecule has 2 amide bonds. The minimum absolute atomic E-state index is 0.124. The standard InChI is InChI=1S/C20H22BrN5O3/c1-29-18(27)13-22-20(28)25-8-3-7-24(10-11-25)19-17-4-2-9-26(17)16-6-5-14(21)12-15(16)23-19/h2,4-6,9,12H,3,7-8,10-11,13H2,1H3,(H,22,28). The number of urea groups is 1. The molecule has 1 saturated heterocycles. The van der Waals surface area contributed by atoms with Crippen molar-refractivity contribution in [3.8, 4) is 0 Å². The Hall–Kier alpha value is -2.81. The summed E-state index contributed by atoms with van der Waals surface area (Å²) in [4.78, 5) is 32.5. The van der Waals surface area contributed by atoms with E-state index in [1.54, 1.807) is 4.90 Å². The topological polar surface area (TPSA) is 79.2 Å². The van der Waals surface area contributed by atoms with Gasteiger partial charge in [-0.2, -0.15) is 0 Å². The maximum absolute atomic E-state index is 12.4. The van der Waals surface area contributed by atoms with E-state index in [-0.39, 0.29) is 12.6 Å². The van der Waals surface area contributed by atoms with Crippen molar-refractivity contribution in [2.24, 2.45) is 0 Å². The quantitative estimate of drug-likeness (QED) is 0.609. The number of halogens is 1. The number of hydrogen-bond acceptors (Lipinski definition) is 5. The third-order valence-electron chi connectivity index (χ3n) is 5.10. The lowest BCUT2D eigenvalue weighted by Crippen LogP contribution is -2.44. The Morgan fingerprint density at radius 3 is 2.86 bits per heavy atom. The maximum Gasteiger partial charge on any atom is 0.325 e. The van der Waals surface area contributed by atoms with Crippen molar-refractivity contribution < 1.29 is 14.3 Å². The molecular weight excluding hydrogens is 438 g/mol. The fraction of sp³-hybridized carbons (Fsp3) is 0.350. The summed E-state index contributed by atoms with van der Waals surface area (Å²) in [5.41, 5.74) is 3.01. The van der Waals surface area contributed by atoms with E-state index < -0.39 is 5.97 Å². The van der Waals surface area contributed by atoms with Crippen LogP contribution in [0.3, 0.4) is 0 Å². The molecule has 8 nitrogen and oxygen atoms in total. The first kappa shape index (κ1) is 19.5. The van der Waals surface area contributed by atoms with Crippen LogP contribution in [0.25, 0.3) is 16.6 Å². The van der Waals surface area contributed by atoms with Crippen molar-refractivity contribution in [3.05, 3.63) is 41.0 Å². The highest BCUT2D eigenvalue weighted by Crippen LogP contribution is 2.27. The minimum atomic E-state index is -0.461. The number of methoxy groups -OCH3 is 1. The Labute approximate surface area is 176 Å². The number of carbonyl (C=O) groups is 2. The van der Waals surface area contributed by atoms with Gasteiger partial charge in [-0.25, -0.2) is 9.78 Å². The normalized spacial score (nSPS) is 14.8. The van der Waals surface area contributed by atoms with Gasteiger partial charge in [0.1, 0.15) is 6.54 Å². The van der Waals surface area contributed by atoms with Gasteiger partial charge in [0, 0.05) is 36.8 Å². The van der Waals surface area contributed by atoms with Crippen LogP contribution in [-0.2, 0) is 9.53 Å². The Balaban J connectivity index is 1.56. The highest BCUT2D eigenvalue weighted by Gasteiger charge is 2.22. The summed E-state index contributed by atoms with van der Waals surface area (Å²) in [5.74, 6) is 0.453. The van der Waals surface area contributed by atoms with Crippen molar-refractivity contribution in [1.82, 2.24) is 19.6 Å². The van der Waals surface area contributed by atoms with Crippen LogP contribution < -0.4 is 10.2 Å². The van der Waals surface area contributed by atoms with Gasteiger partial charge in [-0.1, -0.05) is 15.9 Å². The fourth-order valence-electron chi connectivity index (χ4n) is 3.63. The van der Waals surface area contributed by atoms with Crippen LogP contribution in [-0.4, -0.2) is 66.1 Å². The van der Waals surface area contributed by atoms with Crippen LogP contribution in [0, 0.1) is 0 Å². The number of benzene rings is 1. The first-order valence-electron chi connectivity index (χ1n) is 9.47. The molecule has 0 atom stereocenters. The van der Waals surface area contributed by atoms with Crippen LogP contribution in [0.5, 0.6) is 0 Å². The second-order valence-electron chi connectivity index (χ2n) is 6.89. The van der Waals surface area contributed by atoms with Gasteiger partial charge in [0.15, 0.2) is 5.82 Å². The maximum atomic E-state index is 12.4. The van der Waals surface area contributed by atoms with Gasteiger partial charge in [0.2, 0.25) is 0 Å². The molecule has 1 N–H and O–H groups in total. The van der Waals surface area contributed by atoms with Crippen molar-refractivity contribution >= 4 is 50.3 Å². The zero-order chi connectivity index (χ0) is 20.4. The molecule has 2 aromatic heterocycles. The number of fused-ring (bicyclic) bond motifs is 3. The molecule has 0 bridgehead atoms. The Morgan fingerprint density at radius 2 is 2.03 bits per heavy atom. The van der Waals surface area contributed by atoms with Gasteiger partial charge in [0.05, 0.1) is 23.7 Å². The number of nitrogens with one attached hydrogen (secondary N) is 1. The van der Waals surface area contributed by atoms with Crippen LogP contribution in [0.4, 0.5) is 10.6 Å². The highest BCUT2D eigenvalue weighted by molar-refractivity contribution is 9.10. The number of carbonyl (C=O) groups excluding carboxylic acids is 2. The zero-order valence-electron chi connectivity index (χ0n) is 16.1. The molecule has 0 saturated carbocycles. The summed E-state index contributed by atoms with van der Waals surface area (Å²) < 4.78 is 7.70. The minimum Gasteiger partial charge on any atom is -0.468 e. The Bertz CT molecular complexity index is 1070. The molecule has 0 spiro atoms. The number of anilines is 1. The first-order valence-corrected chi connectivity index (χ1v) is 10.3. The summed E-state index contributed by atoms with van der Waals surface area (Å²) >= 11 is 3.53. The highest BCUT2D eigenvalue weighted by atomic mass is 79.9. The number of hydrogen-bond donors (Lipinski definition) is 1. The molecule has 1 aliphatic rings. The predicted octanol–water partition coefficient (Wildman–Crippen LogP) is 2.64. The molecule has 29 heavy (non-hydrogen) atoms. The van der Waals surface area contributed by atoms with E-state index in [0.717, 1.165) is 39.8 Å². The van der Waals surface area contributed by atoms with Crippen LogP contribution in [0.15, 0.2) is 41.0 Å². The number of amides is 2. The molecule has 0 aliphatic carbocycles. The van der Waals surface area contributed by atoms with Crippen molar-refractivity contribution in [1.29, 1.82) is 0 Å². The largest absolute Gasteiger partial charge is 0.468 e. The number of ether oxygens (including phenoxy) is 1. The summed E-state index contributed by atoms with van der Waals surface area (Å²) in [7, 11) is 1.30. The number of aromatic nitrogens is 2. The summed E-state index contributed by atoms with van der Waals surface area (Å²) in [6, 6.07) is 9.92. The molecule has 152 valence electrons. The lowest BCUT2D eigenvalue weighted by Gasteiger charge is -2.24. The molecule has 1 aliphatic heterocycles. The van der Waals surface area contributed by atoms with Gasteiger partial charge in [-0.3, -0.25) is 4.79 Å². The van der Waals surface area contributed by atoms with E-state index in [4.69, 9.17) is 4.98 Å². The van der Waals surface area contributed by atoms with Gasteiger partial charge >= 0.3 is 12.0 Å². The predicted molar refractivity (Wildman–Crippen MR) is 114 cm³/mol. The van der Waals surface area contributed by atoms with Crippen LogP contribution >= 0.6 is 15.9 Å². The van der Waals surface area contributed by atoms with Gasteiger partial charge in [-0.05, 0) is 36.8 Å². The molecular formula is C20H22BrN5O3. The summed E-state index contributed by atoms with van der Waals surface area (Å²) in [5, 5.41) is 2.61. The molecule has 1 aromatic carbocycles. The molecule has 4 rings (SSSR count).